The van der Waals surface area contributed by atoms with Crippen molar-refractivity contribution in [2.75, 3.05) is 47.3 Å². The minimum Gasteiger partial charge on any atom is -0.356 e. The van der Waals surface area contributed by atoms with Gasteiger partial charge in [0, 0.05) is 43.0 Å². The van der Waals surface area contributed by atoms with Gasteiger partial charge in [0.15, 0.2) is 6.19 Å². The van der Waals surface area contributed by atoms with Crippen LogP contribution in [-0.2, 0) is 4.79 Å². The van der Waals surface area contributed by atoms with Crippen molar-refractivity contribution in [2.45, 2.75) is 101 Å². The monoisotopic (exact) mass is 474 g/mol. The summed E-state index contributed by atoms with van der Waals surface area (Å²) in [5.74, 6) is 0.734. The molecule has 0 radical (unpaired) electrons. The third-order valence-electron chi connectivity index (χ3n) is 4.21. The maximum Gasteiger partial charge on any atom is 0.216 e. The summed E-state index contributed by atoms with van der Waals surface area (Å²) < 4.78 is 0. The molecule has 0 fully saturated rings. The number of carbonyl (C=O) groups excluding carboxylic acids is 1. The van der Waals surface area contributed by atoms with Gasteiger partial charge < -0.3 is 15.1 Å². The zero-order valence-electron chi connectivity index (χ0n) is 24.3. The molecular formula is C26H62N6O. The summed E-state index contributed by atoms with van der Waals surface area (Å²) in [6.45, 7) is 21.9. The zero-order chi connectivity index (χ0) is 26.7. The molecule has 0 aromatic heterocycles. The Hall–Kier alpha value is -1.81. The van der Waals surface area contributed by atoms with Crippen molar-refractivity contribution >= 4 is 11.9 Å². The van der Waals surface area contributed by atoms with Crippen LogP contribution in [-0.4, -0.2) is 69.0 Å². The molecule has 0 aliphatic rings. The normalized spacial score (nSPS) is 10.4. The minimum absolute atomic E-state index is 0. The maximum absolute atomic E-state index is 10.7. The Kier molecular flexibility index (Phi) is 32.9. The van der Waals surface area contributed by atoms with Crippen LogP contribution >= 0.6 is 0 Å². The molecule has 0 aliphatic carbocycles. The van der Waals surface area contributed by atoms with Crippen LogP contribution in [0.5, 0.6) is 0 Å². The van der Waals surface area contributed by atoms with Crippen molar-refractivity contribution in [3.8, 4) is 6.19 Å². The second-order valence-electron chi connectivity index (χ2n) is 8.91. The largest absolute Gasteiger partial charge is 0.356 e. The van der Waals surface area contributed by atoms with Gasteiger partial charge in [-0.25, -0.2) is 0 Å². The molecule has 0 saturated carbocycles. The van der Waals surface area contributed by atoms with Gasteiger partial charge in [-0.2, -0.15) is 5.26 Å². The fourth-order valence-electron chi connectivity index (χ4n) is 2.21. The van der Waals surface area contributed by atoms with E-state index in [2.05, 4.69) is 62.1 Å². The van der Waals surface area contributed by atoms with Crippen molar-refractivity contribution in [1.29, 1.82) is 5.26 Å². The van der Waals surface area contributed by atoms with Crippen LogP contribution in [0.15, 0.2) is 4.99 Å². The first-order valence-electron chi connectivity index (χ1n) is 12.8. The number of nitriles is 1. The van der Waals surface area contributed by atoms with Gasteiger partial charge in [-0.15, -0.1) is 0 Å². The van der Waals surface area contributed by atoms with Gasteiger partial charge >= 0.3 is 0 Å². The van der Waals surface area contributed by atoms with Crippen LogP contribution in [0.1, 0.15) is 104 Å². The summed E-state index contributed by atoms with van der Waals surface area (Å²) in [5.41, 5.74) is 0.252. The molecule has 1 amide bonds. The Morgan fingerprint density at radius 2 is 1.55 bits per heavy atom. The van der Waals surface area contributed by atoms with Gasteiger partial charge in [-0.1, -0.05) is 81.1 Å². The molecule has 0 rings (SSSR count). The van der Waals surface area contributed by atoms with Crippen LogP contribution in [0.4, 0.5) is 0 Å². The predicted molar refractivity (Wildman–Crippen MR) is 151 cm³/mol. The zero-order valence-corrected chi connectivity index (χ0v) is 24.3. The Bertz CT molecular complexity index is 495. The maximum atomic E-state index is 10.7. The van der Waals surface area contributed by atoms with E-state index in [9.17, 15) is 4.79 Å². The summed E-state index contributed by atoms with van der Waals surface area (Å²) in [4.78, 5) is 19.1. The highest BCUT2D eigenvalue weighted by molar-refractivity contribution is 5.81. The molecule has 0 aliphatic heterocycles. The van der Waals surface area contributed by atoms with Gasteiger partial charge in [0.1, 0.15) is 0 Å². The SMILES string of the molecule is CC.CCC.CCCCC(C)(C)CNC(C)=O.CCCCN=C(NC#N)N(C)CCN(C)C.[HH].[HH]. The van der Waals surface area contributed by atoms with Crippen LogP contribution in [0.25, 0.3) is 0 Å². The van der Waals surface area contributed by atoms with E-state index in [0.29, 0.717) is 5.96 Å². The van der Waals surface area contributed by atoms with E-state index in [4.69, 9.17) is 5.26 Å². The number of carbonyl (C=O) groups is 1. The summed E-state index contributed by atoms with van der Waals surface area (Å²) in [6, 6.07) is 0. The Balaban J connectivity index is -0.0000000986. The number of amides is 1. The molecule has 0 atom stereocenters. The number of hydrogen-bond donors (Lipinski definition) is 2. The van der Waals surface area contributed by atoms with E-state index in [0.717, 1.165) is 39.0 Å². The molecule has 0 aromatic carbocycles. The van der Waals surface area contributed by atoms with Gasteiger partial charge in [-0.05, 0) is 32.4 Å². The van der Waals surface area contributed by atoms with Crippen molar-refractivity contribution in [2.24, 2.45) is 10.4 Å². The van der Waals surface area contributed by atoms with Gasteiger partial charge in [-0.3, -0.25) is 15.1 Å². The predicted octanol–water partition coefficient (Wildman–Crippen LogP) is 5.98. The number of hydrogen-bond acceptors (Lipinski definition) is 4. The number of nitrogens with zero attached hydrogens (tertiary/aromatic N) is 4. The van der Waals surface area contributed by atoms with E-state index >= 15 is 0 Å². The third-order valence-corrected chi connectivity index (χ3v) is 4.21. The number of nitrogens with one attached hydrogen (secondary N) is 2. The lowest BCUT2D eigenvalue weighted by atomic mass is 9.87. The fraction of sp³-hybridized carbons (Fsp3) is 0.885. The van der Waals surface area contributed by atoms with E-state index in [1.165, 1.54) is 25.7 Å². The topological polar surface area (TPSA) is 83.8 Å². The van der Waals surface area contributed by atoms with E-state index < -0.39 is 0 Å². The summed E-state index contributed by atoms with van der Waals surface area (Å²) in [6.07, 6.45) is 9.00. The summed E-state index contributed by atoms with van der Waals surface area (Å²) in [5, 5.41) is 14.1. The third kappa shape index (κ3) is 35.0. The highest BCUT2D eigenvalue weighted by atomic mass is 16.1. The van der Waals surface area contributed by atoms with Crippen molar-refractivity contribution in [1.82, 2.24) is 20.4 Å². The van der Waals surface area contributed by atoms with Crippen LogP contribution in [0, 0.1) is 16.9 Å². The van der Waals surface area contributed by atoms with Crippen LogP contribution in [0.2, 0.25) is 0 Å². The molecule has 0 aromatic rings. The minimum atomic E-state index is 0. The molecule has 0 saturated heterocycles. The molecular weight excluding hydrogens is 412 g/mol. The average molecular weight is 475 g/mol. The van der Waals surface area contributed by atoms with E-state index in [1.807, 2.05) is 46.1 Å². The van der Waals surface area contributed by atoms with Crippen LogP contribution < -0.4 is 10.6 Å². The number of aliphatic imine (C=N–C) groups is 1. The molecule has 33 heavy (non-hydrogen) atoms. The lowest BCUT2D eigenvalue weighted by molar-refractivity contribution is -0.119. The Labute approximate surface area is 210 Å². The highest BCUT2D eigenvalue weighted by Gasteiger charge is 2.16. The Morgan fingerprint density at radius 3 is 1.94 bits per heavy atom. The van der Waals surface area contributed by atoms with Gasteiger partial charge in [0.05, 0.1) is 0 Å². The molecule has 0 spiro atoms. The smallest absolute Gasteiger partial charge is 0.216 e. The molecule has 202 valence electrons. The number of likely N-dealkylation sites (N-methyl/N-ethyl adjacent to an activating group) is 2. The number of unbranched alkanes of at least 4 members (excludes halogenated alkanes) is 2. The lowest BCUT2D eigenvalue weighted by Crippen LogP contribution is -2.40. The van der Waals surface area contributed by atoms with Gasteiger partial charge in [0.2, 0.25) is 11.9 Å². The Morgan fingerprint density at radius 1 is 1.03 bits per heavy atom. The van der Waals surface area contributed by atoms with Crippen molar-refractivity contribution in [3.05, 3.63) is 0 Å². The summed E-state index contributed by atoms with van der Waals surface area (Å²) >= 11 is 0. The highest BCUT2D eigenvalue weighted by Crippen LogP contribution is 2.21. The first kappa shape index (κ1) is 38.5. The number of rotatable bonds is 11. The average Bonchev–Trinajstić information content (AvgIpc) is 2.77. The van der Waals surface area contributed by atoms with E-state index in [1.54, 1.807) is 6.92 Å². The fourth-order valence-corrected chi connectivity index (χ4v) is 2.21. The number of guanidine groups is 1. The molecule has 0 unspecified atom stereocenters. The molecule has 7 heteroatoms. The summed E-state index contributed by atoms with van der Waals surface area (Å²) in [7, 11) is 6.00. The van der Waals surface area contributed by atoms with Crippen molar-refractivity contribution in [3.63, 3.8) is 0 Å². The van der Waals surface area contributed by atoms with Crippen molar-refractivity contribution < 1.29 is 7.65 Å². The molecule has 0 heterocycles. The first-order valence-corrected chi connectivity index (χ1v) is 12.8. The molecule has 0 bridgehead atoms. The van der Waals surface area contributed by atoms with Gasteiger partial charge in [0.25, 0.3) is 0 Å². The molecule has 7 nitrogen and oxygen atoms in total. The second-order valence-corrected chi connectivity index (χ2v) is 8.91. The standard InChI is InChI=1S/C11H23N5.C10H21NO.C3H8.C2H6.2H2/c1-5-6-7-13-11(14-10-12)16(4)9-8-15(2)3;1-5-6-7-10(3,4)8-11-9(2)12;1-3-2;1-2;;/h5-9H2,1-4H3,(H,13,14);5-8H2,1-4H3,(H,11,12);3H2,1-2H3;1-2H3;2*1H. The second kappa shape index (κ2) is 28.2. The lowest BCUT2D eigenvalue weighted by Gasteiger charge is -2.24. The quantitative estimate of drug-likeness (QED) is 0.126. The van der Waals surface area contributed by atoms with E-state index in [-0.39, 0.29) is 14.2 Å². The first-order chi connectivity index (χ1) is 15.5. The molecule has 2 N–H and O–H groups in total. The van der Waals surface area contributed by atoms with Crippen LogP contribution in [0.3, 0.4) is 0 Å².